The predicted octanol–water partition coefficient (Wildman–Crippen LogP) is 3.90. The van der Waals surface area contributed by atoms with Crippen molar-refractivity contribution >= 4 is 45.9 Å². The number of pyridine rings is 1. The third-order valence-electron chi connectivity index (χ3n) is 2.35. The lowest BCUT2D eigenvalue weighted by Gasteiger charge is -2.06. The Morgan fingerprint density at radius 3 is 2.78 bits per heavy atom. The van der Waals surface area contributed by atoms with Gasteiger partial charge in [-0.15, -0.1) is 0 Å². The third-order valence-corrected chi connectivity index (χ3v) is 3.73. The third kappa shape index (κ3) is 3.20. The number of nitrogens with zero attached hydrogens (tertiary/aromatic N) is 1. The molecule has 1 N–H and O–H groups in total. The van der Waals surface area contributed by atoms with Gasteiger partial charge in [0.15, 0.2) is 0 Å². The minimum atomic E-state index is -0.217. The first-order valence-electron chi connectivity index (χ1n) is 5.26. The molecule has 0 saturated heterocycles. The molecule has 0 aliphatic rings. The summed E-state index contributed by atoms with van der Waals surface area (Å²) in [5.74, 6) is 0.323. The smallest absolute Gasteiger partial charge is 0.256 e. The fourth-order valence-corrected chi connectivity index (χ4v) is 1.92. The van der Waals surface area contributed by atoms with E-state index in [1.165, 1.54) is 0 Å². The van der Waals surface area contributed by atoms with Crippen LogP contribution in [0.4, 0.5) is 5.82 Å². The van der Waals surface area contributed by atoms with E-state index >= 15 is 0 Å². The van der Waals surface area contributed by atoms with Gasteiger partial charge in [0.2, 0.25) is 0 Å². The first-order valence-corrected chi connectivity index (χ1v) is 6.72. The van der Waals surface area contributed by atoms with Crippen LogP contribution in [0.2, 0.25) is 5.02 Å². The Kier molecular flexibility index (Phi) is 4.19. The predicted molar refractivity (Wildman–Crippen MR) is 81.1 cm³/mol. The summed E-state index contributed by atoms with van der Waals surface area (Å²) in [5, 5.41) is 3.28. The number of benzene rings is 1. The molecule has 2 rings (SSSR count). The van der Waals surface area contributed by atoms with Crippen molar-refractivity contribution in [3.8, 4) is 0 Å². The summed E-state index contributed by atoms with van der Waals surface area (Å²) < 4.78 is 1.06. The molecule has 1 aromatic heterocycles. The molecule has 3 nitrogen and oxygen atoms in total. The number of anilines is 1. The van der Waals surface area contributed by atoms with E-state index in [0.717, 1.165) is 9.26 Å². The van der Waals surface area contributed by atoms with E-state index < -0.39 is 0 Å². The standard InChI is InChI=1S/C13H10ClIN2O/c1-8-11(15)5-6-12(16-8)17-13(18)9-3-2-4-10(14)7-9/h2-7H,1H3,(H,16,17,18). The Hall–Kier alpha value is -1.14. The Bertz CT molecular complexity index is 601. The van der Waals surface area contributed by atoms with E-state index in [0.29, 0.717) is 16.4 Å². The number of carbonyl (C=O) groups is 1. The van der Waals surface area contributed by atoms with E-state index in [1.54, 1.807) is 30.3 Å². The molecule has 0 aliphatic heterocycles. The lowest BCUT2D eigenvalue weighted by molar-refractivity contribution is 0.102. The molecule has 5 heteroatoms. The zero-order chi connectivity index (χ0) is 13.1. The largest absolute Gasteiger partial charge is 0.307 e. The fourth-order valence-electron chi connectivity index (χ4n) is 1.43. The number of aromatic nitrogens is 1. The topological polar surface area (TPSA) is 42.0 Å². The number of carbonyl (C=O) groups excluding carboxylic acids is 1. The molecule has 2 aromatic rings. The van der Waals surface area contributed by atoms with E-state index in [4.69, 9.17) is 11.6 Å². The fraction of sp³-hybridized carbons (Fsp3) is 0.0769. The molecule has 0 radical (unpaired) electrons. The van der Waals surface area contributed by atoms with Crippen molar-refractivity contribution in [2.75, 3.05) is 5.32 Å². The van der Waals surface area contributed by atoms with Crippen molar-refractivity contribution in [3.05, 3.63) is 56.2 Å². The van der Waals surface area contributed by atoms with Crippen LogP contribution in [-0.2, 0) is 0 Å². The van der Waals surface area contributed by atoms with Gasteiger partial charge < -0.3 is 5.32 Å². The van der Waals surface area contributed by atoms with Gasteiger partial charge in [-0.2, -0.15) is 0 Å². The maximum atomic E-state index is 12.0. The molecule has 0 saturated carbocycles. The summed E-state index contributed by atoms with van der Waals surface area (Å²) in [6.07, 6.45) is 0. The quantitative estimate of drug-likeness (QED) is 0.813. The Labute approximate surface area is 124 Å². The summed E-state index contributed by atoms with van der Waals surface area (Å²) >= 11 is 8.04. The molecule has 0 bridgehead atoms. The van der Waals surface area contributed by atoms with Crippen LogP contribution in [-0.4, -0.2) is 10.9 Å². The van der Waals surface area contributed by atoms with Crippen LogP contribution < -0.4 is 5.32 Å². The minimum absolute atomic E-state index is 0.217. The minimum Gasteiger partial charge on any atom is -0.307 e. The van der Waals surface area contributed by atoms with Gasteiger partial charge in [0.05, 0.1) is 5.69 Å². The Morgan fingerprint density at radius 1 is 1.33 bits per heavy atom. The van der Waals surface area contributed by atoms with Gasteiger partial charge in [0.1, 0.15) is 5.82 Å². The van der Waals surface area contributed by atoms with Gasteiger partial charge >= 0.3 is 0 Å². The van der Waals surface area contributed by atoms with Gasteiger partial charge in [0.25, 0.3) is 5.91 Å². The summed E-state index contributed by atoms with van der Waals surface area (Å²) in [6.45, 7) is 1.90. The lowest BCUT2D eigenvalue weighted by atomic mass is 10.2. The van der Waals surface area contributed by atoms with E-state index in [9.17, 15) is 4.79 Å². The summed E-state index contributed by atoms with van der Waals surface area (Å²) in [7, 11) is 0. The molecule has 0 unspecified atom stereocenters. The number of amides is 1. The van der Waals surface area contributed by atoms with Crippen LogP contribution in [0.1, 0.15) is 16.1 Å². The average molecular weight is 373 g/mol. The number of hydrogen-bond donors (Lipinski definition) is 1. The van der Waals surface area contributed by atoms with Gasteiger partial charge in [0, 0.05) is 14.2 Å². The van der Waals surface area contributed by atoms with Crippen molar-refractivity contribution < 1.29 is 4.79 Å². The van der Waals surface area contributed by atoms with E-state index in [1.807, 2.05) is 13.0 Å². The number of halogens is 2. The SMILES string of the molecule is Cc1nc(NC(=O)c2cccc(Cl)c2)ccc1I. The van der Waals surface area contributed by atoms with Crippen molar-refractivity contribution in [2.45, 2.75) is 6.92 Å². The van der Waals surface area contributed by atoms with Gasteiger partial charge in [-0.05, 0) is 59.8 Å². The highest BCUT2D eigenvalue weighted by atomic mass is 127. The van der Waals surface area contributed by atoms with Gasteiger partial charge in [-0.25, -0.2) is 4.98 Å². The maximum Gasteiger partial charge on any atom is 0.256 e. The lowest BCUT2D eigenvalue weighted by Crippen LogP contribution is -2.13. The van der Waals surface area contributed by atoms with Crippen LogP contribution in [0.3, 0.4) is 0 Å². The molecule has 0 spiro atoms. The highest BCUT2D eigenvalue weighted by molar-refractivity contribution is 14.1. The number of rotatable bonds is 2. The number of nitrogens with one attached hydrogen (secondary N) is 1. The van der Waals surface area contributed by atoms with E-state index in [-0.39, 0.29) is 5.91 Å². The summed E-state index contributed by atoms with van der Waals surface area (Å²) in [5.41, 5.74) is 1.40. The molecule has 1 amide bonds. The zero-order valence-corrected chi connectivity index (χ0v) is 12.5. The van der Waals surface area contributed by atoms with Crippen molar-refractivity contribution in [3.63, 3.8) is 0 Å². The summed E-state index contributed by atoms with van der Waals surface area (Å²) in [6, 6.07) is 10.5. The second-order valence-corrected chi connectivity index (χ2v) is 5.33. The van der Waals surface area contributed by atoms with E-state index in [2.05, 4.69) is 32.9 Å². The molecule has 0 fully saturated rings. The summed E-state index contributed by atoms with van der Waals surface area (Å²) in [4.78, 5) is 16.2. The molecule has 0 aliphatic carbocycles. The Morgan fingerprint density at radius 2 is 2.11 bits per heavy atom. The first-order chi connectivity index (χ1) is 8.56. The molecule has 1 aromatic carbocycles. The van der Waals surface area contributed by atoms with Crippen LogP contribution in [0.25, 0.3) is 0 Å². The molecule has 92 valence electrons. The molecule has 1 heterocycles. The monoisotopic (exact) mass is 372 g/mol. The van der Waals surface area contributed by atoms with Crippen LogP contribution >= 0.6 is 34.2 Å². The van der Waals surface area contributed by atoms with Crippen molar-refractivity contribution in [1.82, 2.24) is 4.98 Å². The average Bonchev–Trinajstić information content (AvgIpc) is 2.34. The second kappa shape index (κ2) is 5.67. The number of aryl methyl sites for hydroxylation is 1. The second-order valence-electron chi connectivity index (χ2n) is 3.73. The Balaban J connectivity index is 2.18. The van der Waals surface area contributed by atoms with Gasteiger partial charge in [-0.3, -0.25) is 4.79 Å². The van der Waals surface area contributed by atoms with Crippen molar-refractivity contribution in [2.24, 2.45) is 0 Å². The first kappa shape index (κ1) is 13.3. The molecular weight excluding hydrogens is 363 g/mol. The van der Waals surface area contributed by atoms with Crippen LogP contribution in [0.15, 0.2) is 36.4 Å². The number of hydrogen-bond acceptors (Lipinski definition) is 2. The van der Waals surface area contributed by atoms with Crippen molar-refractivity contribution in [1.29, 1.82) is 0 Å². The normalized spacial score (nSPS) is 10.2. The van der Waals surface area contributed by atoms with Gasteiger partial charge in [-0.1, -0.05) is 17.7 Å². The molecular formula is C13H10ClIN2O. The highest BCUT2D eigenvalue weighted by Crippen LogP contribution is 2.15. The molecule has 18 heavy (non-hydrogen) atoms. The van der Waals surface area contributed by atoms with Crippen LogP contribution in [0.5, 0.6) is 0 Å². The van der Waals surface area contributed by atoms with Crippen LogP contribution in [0, 0.1) is 10.5 Å². The highest BCUT2D eigenvalue weighted by Gasteiger charge is 2.07. The molecule has 0 atom stereocenters. The zero-order valence-electron chi connectivity index (χ0n) is 9.58. The maximum absolute atomic E-state index is 12.0.